The first-order valence-corrected chi connectivity index (χ1v) is 6.71. The van der Waals surface area contributed by atoms with E-state index in [9.17, 15) is 0 Å². The van der Waals surface area contributed by atoms with E-state index in [1.165, 1.54) is 11.1 Å². The molecule has 0 fully saturated rings. The van der Waals surface area contributed by atoms with Gasteiger partial charge in [-0.25, -0.2) is 0 Å². The van der Waals surface area contributed by atoms with Gasteiger partial charge < -0.3 is 5.32 Å². The molecule has 0 aliphatic rings. The van der Waals surface area contributed by atoms with Crippen LogP contribution in [0.2, 0.25) is 10.0 Å². The Morgan fingerprint density at radius 3 is 2.22 bits per heavy atom. The van der Waals surface area contributed by atoms with Gasteiger partial charge in [-0.2, -0.15) is 0 Å². The van der Waals surface area contributed by atoms with Crippen molar-refractivity contribution in [2.45, 2.75) is 19.9 Å². The summed E-state index contributed by atoms with van der Waals surface area (Å²) < 4.78 is 0. The molecule has 0 atom stereocenters. The van der Waals surface area contributed by atoms with Crippen LogP contribution in [0.5, 0.6) is 0 Å². The molecule has 0 spiro atoms. The Morgan fingerprint density at radius 2 is 1.61 bits per heavy atom. The van der Waals surface area contributed by atoms with E-state index in [0.29, 0.717) is 10.0 Å². The fraction of sp³-hybridized carbons (Fsp3) is 0.200. The molecule has 0 saturated carbocycles. The molecule has 18 heavy (non-hydrogen) atoms. The van der Waals surface area contributed by atoms with E-state index < -0.39 is 0 Å². The van der Waals surface area contributed by atoms with Crippen LogP contribution in [0.4, 0.5) is 5.69 Å². The first-order chi connectivity index (χ1) is 8.69. The van der Waals surface area contributed by atoms with Crippen LogP contribution < -0.4 is 5.32 Å². The fourth-order valence-electron chi connectivity index (χ4n) is 1.72. The quantitative estimate of drug-likeness (QED) is 0.814. The number of anilines is 1. The van der Waals surface area contributed by atoms with Crippen LogP contribution in [0.15, 0.2) is 42.5 Å². The van der Waals surface area contributed by atoms with Gasteiger partial charge in [-0.05, 0) is 35.7 Å². The Labute approximate surface area is 118 Å². The van der Waals surface area contributed by atoms with Gasteiger partial charge in [0.1, 0.15) is 0 Å². The van der Waals surface area contributed by atoms with Gasteiger partial charge in [0.05, 0.1) is 10.7 Å². The normalized spacial score (nSPS) is 10.4. The molecule has 2 aromatic carbocycles. The smallest absolute Gasteiger partial charge is 0.0652 e. The topological polar surface area (TPSA) is 12.0 Å². The molecule has 94 valence electrons. The lowest BCUT2D eigenvalue weighted by Crippen LogP contribution is -1.99. The summed E-state index contributed by atoms with van der Waals surface area (Å²) in [6.07, 6.45) is 1.07. The Bertz CT molecular complexity index is 521. The Balaban J connectivity index is 2.02. The zero-order valence-corrected chi connectivity index (χ0v) is 11.7. The van der Waals surface area contributed by atoms with Crippen molar-refractivity contribution in [3.05, 3.63) is 63.6 Å². The van der Waals surface area contributed by atoms with Gasteiger partial charge in [-0.3, -0.25) is 0 Å². The van der Waals surface area contributed by atoms with Crippen LogP contribution in [0.25, 0.3) is 0 Å². The van der Waals surface area contributed by atoms with Gasteiger partial charge in [0, 0.05) is 11.6 Å². The minimum absolute atomic E-state index is 0.646. The minimum atomic E-state index is 0.646. The van der Waals surface area contributed by atoms with Crippen molar-refractivity contribution < 1.29 is 0 Å². The summed E-state index contributed by atoms with van der Waals surface area (Å²) in [5.74, 6) is 0. The summed E-state index contributed by atoms with van der Waals surface area (Å²) in [6, 6.07) is 14.0. The molecule has 1 nitrogen and oxygen atoms in total. The first kappa shape index (κ1) is 13.3. The average molecular weight is 280 g/mol. The molecule has 0 unspecified atom stereocenters. The van der Waals surface area contributed by atoms with Crippen LogP contribution in [0.1, 0.15) is 18.1 Å². The lowest BCUT2D eigenvalue weighted by atomic mass is 10.1. The van der Waals surface area contributed by atoms with E-state index in [1.807, 2.05) is 12.1 Å². The second-order valence-corrected chi connectivity index (χ2v) is 4.99. The molecule has 0 bridgehead atoms. The zero-order chi connectivity index (χ0) is 13.0. The highest BCUT2D eigenvalue weighted by molar-refractivity contribution is 6.36. The standard InChI is InChI=1S/C15H15Cl2N/c1-2-11-3-5-12(6-4-11)10-18-15-8-7-13(16)9-14(15)17/h3-9,18H,2,10H2,1H3. The maximum atomic E-state index is 6.10. The van der Waals surface area contributed by atoms with Gasteiger partial charge in [0.25, 0.3) is 0 Å². The summed E-state index contributed by atoms with van der Waals surface area (Å²) >= 11 is 12.0. The lowest BCUT2D eigenvalue weighted by Gasteiger charge is -2.09. The number of benzene rings is 2. The number of aryl methyl sites for hydroxylation is 1. The van der Waals surface area contributed by atoms with Crippen molar-refractivity contribution in [3.63, 3.8) is 0 Å². The van der Waals surface area contributed by atoms with Crippen LogP contribution in [0, 0.1) is 0 Å². The molecule has 1 N–H and O–H groups in total. The van der Waals surface area contributed by atoms with Crippen molar-refractivity contribution >= 4 is 28.9 Å². The fourth-order valence-corrected chi connectivity index (χ4v) is 2.20. The predicted octanol–water partition coefficient (Wildman–Crippen LogP) is 5.17. The lowest BCUT2D eigenvalue weighted by molar-refractivity contribution is 1.11. The summed E-state index contributed by atoms with van der Waals surface area (Å²) in [5.41, 5.74) is 3.49. The maximum absolute atomic E-state index is 6.10. The molecule has 0 aliphatic heterocycles. The van der Waals surface area contributed by atoms with Gasteiger partial charge in [-0.15, -0.1) is 0 Å². The maximum Gasteiger partial charge on any atom is 0.0652 e. The molecule has 3 heteroatoms. The van der Waals surface area contributed by atoms with Gasteiger partial charge in [0.2, 0.25) is 0 Å². The molecular weight excluding hydrogens is 265 g/mol. The van der Waals surface area contributed by atoms with Crippen molar-refractivity contribution in [1.29, 1.82) is 0 Å². The first-order valence-electron chi connectivity index (χ1n) is 5.96. The predicted molar refractivity (Wildman–Crippen MR) is 79.6 cm³/mol. The molecule has 0 aliphatic carbocycles. The van der Waals surface area contributed by atoms with E-state index in [2.05, 4.69) is 36.5 Å². The highest BCUT2D eigenvalue weighted by atomic mass is 35.5. The molecule has 0 saturated heterocycles. The van der Waals surface area contributed by atoms with E-state index in [-0.39, 0.29) is 0 Å². The number of hydrogen-bond acceptors (Lipinski definition) is 1. The molecule has 0 radical (unpaired) electrons. The molecule has 0 amide bonds. The number of halogens is 2. The number of nitrogens with one attached hydrogen (secondary N) is 1. The summed E-state index contributed by atoms with van der Waals surface area (Å²) in [5, 5.41) is 4.60. The molecule has 2 aromatic rings. The Morgan fingerprint density at radius 1 is 0.944 bits per heavy atom. The molecule has 0 aromatic heterocycles. The van der Waals surface area contributed by atoms with E-state index in [4.69, 9.17) is 23.2 Å². The van der Waals surface area contributed by atoms with Crippen LogP contribution in [0.3, 0.4) is 0 Å². The second kappa shape index (κ2) is 6.12. The second-order valence-electron chi connectivity index (χ2n) is 4.15. The van der Waals surface area contributed by atoms with Gasteiger partial charge in [-0.1, -0.05) is 54.4 Å². The summed E-state index contributed by atoms with van der Waals surface area (Å²) in [4.78, 5) is 0. The monoisotopic (exact) mass is 279 g/mol. The third-order valence-electron chi connectivity index (χ3n) is 2.85. The molecule has 2 rings (SSSR count). The third-order valence-corrected chi connectivity index (χ3v) is 3.39. The van der Waals surface area contributed by atoms with Crippen LogP contribution in [-0.4, -0.2) is 0 Å². The van der Waals surface area contributed by atoms with E-state index in [1.54, 1.807) is 6.07 Å². The zero-order valence-electron chi connectivity index (χ0n) is 10.2. The highest BCUT2D eigenvalue weighted by Crippen LogP contribution is 2.25. The third kappa shape index (κ3) is 3.41. The van der Waals surface area contributed by atoms with Gasteiger partial charge in [0.15, 0.2) is 0 Å². The van der Waals surface area contributed by atoms with E-state index in [0.717, 1.165) is 18.7 Å². The Hall–Kier alpha value is -1.18. The van der Waals surface area contributed by atoms with Crippen molar-refractivity contribution in [2.75, 3.05) is 5.32 Å². The largest absolute Gasteiger partial charge is 0.380 e. The molecular formula is C15H15Cl2N. The van der Waals surface area contributed by atoms with Crippen molar-refractivity contribution in [3.8, 4) is 0 Å². The number of rotatable bonds is 4. The molecule has 0 heterocycles. The van der Waals surface area contributed by atoms with Gasteiger partial charge >= 0.3 is 0 Å². The average Bonchev–Trinajstić information content (AvgIpc) is 2.38. The summed E-state index contributed by atoms with van der Waals surface area (Å²) in [7, 11) is 0. The summed E-state index contributed by atoms with van der Waals surface area (Å²) in [6.45, 7) is 2.91. The minimum Gasteiger partial charge on any atom is -0.380 e. The number of hydrogen-bond donors (Lipinski definition) is 1. The van der Waals surface area contributed by atoms with E-state index >= 15 is 0 Å². The van der Waals surface area contributed by atoms with Crippen LogP contribution in [-0.2, 0) is 13.0 Å². The van der Waals surface area contributed by atoms with Crippen LogP contribution >= 0.6 is 23.2 Å². The Kier molecular flexibility index (Phi) is 4.51. The highest BCUT2D eigenvalue weighted by Gasteiger charge is 2.01. The SMILES string of the molecule is CCc1ccc(CNc2ccc(Cl)cc2Cl)cc1. The van der Waals surface area contributed by atoms with Crippen molar-refractivity contribution in [2.24, 2.45) is 0 Å². The van der Waals surface area contributed by atoms with Crippen molar-refractivity contribution in [1.82, 2.24) is 0 Å².